The molecule has 1 aromatic heterocycles. The summed E-state index contributed by atoms with van der Waals surface area (Å²) in [5.74, 6) is -1.08. The number of aromatic nitrogens is 2. The number of amides is 2. The highest BCUT2D eigenvalue weighted by atomic mass is 19.1. The molecule has 3 rings (SSSR count). The number of nitrogens with zero attached hydrogens (tertiary/aromatic N) is 3. The molecule has 1 aromatic carbocycles. The molecule has 0 spiro atoms. The van der Waals surface area contributed by atoms with Crippen molar-refractivity contribution in [2.45, 2.75) is 19.3 Å². The lowest BCUT2D eigenvalue weighted by atomic mass is 10.1. The minimum atomic E-state index is -0.846. The quantitative estimate of drug-likeness (QED) is 0.903. The monoisotopic (exact) mass is 333 g/mol. The summed E-state index contributed by atoms with van der Waals surface area (Å²) in [4.78, 5) is 22.4. The standard InChI is InChI=1S/C16H17F2N5O/c17-12-5-4-6-13(18)14(12)22-16(24)21-11-9-19-15(20-10-11)23-7-2-1-3-8-23/h4-6,9-10H,1-3,7-8H2,(H2,21,22,24). The van der Waals surface area contributed by atoms with Gasteiger partial charge in [0.25, 0.3) is 0 Å². The Labute approximate surface area is 137 Å². The van der Waals surface area contributed by atoms with Crippen molar-refractivity contribution in [2.75, 3.05) is 28.6 Å². The smallest absolute Gasteiger partial charge is 0.323 e. The predicted octanol–water partition coefficient (Wildman–Crippen LogP) is 3.39. The Kier molecular flexibility index (Phi) is 4.83. The number of hydrogen-bond donors (Lipinski definition) is 2. The van der Waals surface area contributed by atoms with Crippen LogP contribution in [0, 0.1) is 11.6 Å². The van der Waals surface area contributed by atoms with Gasteiger partial charge in [0, 0.05) is 13.1 Å². The van der Waals surface area contributed by atoms with Gasteiger partial charge in [0.05, 0.1) is 18.1 Å². The first-order valence-corrected chi connectivity index (χ1v) is 7.72. The Hall–Kier alpha value is -2.77. The van der Waals surface area contributed by atoms with Gasteiger partial charge in [-0.1, -0.05) is 6.07 Å². The maximum atomic E-state index is 13.5. The van der Waals surface area contributed by atoms with Crippen molar-refractivity contribution in [3.05, 3.63) is 42.2 Å². The van der Waals surface area contributed by atoms with Crippen molar-refractivity contribution >= 4 is 23.4 Å². The summed E-state index contributed by atoms with van der Waals surface area (Å²) in [5.41, 5.74) is -0.161. The number of anilines is 3. The number of carbonyl (C=O) groups excluding carboxylic acids is 1. The Balaban J connectivity index is 1.62. The van der Waals surface area contributed by atoms with Crippen molar-refractivity contribution < 1.29 is 13.6 Å². The van der Waals surface area contributed by atoms with Crippen LogP contribution in [0.4, 0.5) is 30.9 Å². The fraction of sp³-hybridized carbons (Fsp3) is 0.312. The van der Waals surface area contributed by atoms with Gasteiger partial charge in [-0.05, 0) is 31.4 Å². The number of halogens is 2. The number of para-hydroxylation sites is 1. The third kappa shape index (κ3) is 3.76. The maximum Gasteiger partial charge on any atom is 0.323 e. The maximum absolute atomic E-state index is 13.5. The molecular formula is C16H17F2N5O. The van der Waals surface area contributed by atoms with Gasteiger partial charge in [0.2, 0.25) is 5.95 Å². The van der Waals surface area contributed by atoms with Crippen LogP contribution in [0.25, 0.3) is 0 Å². The fourth-order valence-corrected chi connectivity index (χ4v) is 2.54. The molecule has 8 heteroatoms. The molecule has 2 N–H and O–H groups in total. The fourth-order valence-electron chi connectivity index (χ4n) is 2.54. The number of hydrogen-bond acceptors (Lipinski definition) is 4. The van der Waals surface area contributed by atoms with Crippen LogP contribution in [-0.2, 0) is 0 Å². The van der Waals surface area contributed by atoms with E-state index in [4.69, 9.17) is 0 Å². The molecule has 0 unspecified atom stereocenters. The zero-order valence-corrected chi connectivity index (χ0v) is 12.9. The summed E-state index contributed by atoms with van der Waals surface area (Å²) in [6.45, 7) is 1.83. The first kappa shape index (κ1) is 16.1. The van der Waals surface area contributed by atoms with E-state index in [0.29, 0.717) is 11.6 Å². The van der Waals surface area contributed by atoms with Crippen LogP contribution in [0.3, 0.4) is 0 Å². The third-order valence-electron chi connectivity index (χ3n) is 3.74. The van der Waals surface area contributed by atoms with Gasteiger partial charge < -0.3 is 15.5 Å². The van der Waals surface area contributed by atoms with Gasteiger partial charge in [0.1, 0.15) is 17.3 Å². The van der Waals surface area contributed by atoms with Gasteiger partial charge in [-0.2, -0.15) is 0 Å². The molecule has 24 heavy (non-hydrogen) atoms. The molecule has 1 fully saturated rings. The Bertz CT molecular complexity index is 697. The normalized spacial score (nSPS) is 14.3. The number of benzene rings is 1. The average molecular weight is 333 g/mol. The number of carbonyl (C=O) groups is 1. The van der Waals surface area contributed by atoms with E-state index in [1.54, 1.807) is 0 Å². The lowest BCUT2D eigenvalue weighted by Crippen LogP contribution is -2.31. The molecule has 0 aliphatic carbocycles. The molecule has 1 aliphatic heterocycles. The number of piperidine rings is 1. The zero-order chi connectivity index (χ0) is 16.9. The van der Waals surface area contributed by atoms with Gasteiger partial charge in [-0.3, -0.25) is 0 Å². The number of urea groups is 1. The topological polar surface area (TPSA) is 70.2 Å². The van der Waals surface area contributed by atoms with Crippen LogP contribution in [-0.4, -0.2) is 29.1 Å². The average Bonchev–Trinajstić information content (AvgIpc) is 2.60. The first-order chi connectivity index (χ1) is 11.6. The highest BCUT2D eigenvalue weighted by Gasteiger charge is 2.14. The first-order valence-electron chi connectivity index (χ1n) is 7.72. The van der Waals surface area contributed by atoms with Gasteiger partial charge in [0.15, 0.2) is 0 Å². The van der Waals surface area contributed by atoms with Crippen LogP contribution in [0.5, 0.6) is 0 Å². The summed E-state index contributed by atoms with van der Waals surface area (Å²) in [6.07, 6.45) is 6.37. The minimum Gasteiger partial charge on any atom is -0.341 e. The minimum absolute atomic E-state index is 0.338. The van der Waals surface area contributed by atoms with Crippen molar-refractivity contribution in [2.24, 2.45) is 0 Å². The summed E-state index contributed by atoms with van der Waals surface area (Å²) in [6, 6.07) is 2.58. The van der Waals surface area contributed by atoms with E-state index in [0.717, 1.165) is 38.1 Å². The van der Waals surface area contributed by atoms with E-state index in [1.807, 2.05) is 0 Å². The van der Waals surface area contributed by atoms with Gasteiger partial charge in [-0.25, -0.2) is 23.5 Å². The Morgan fingerprint density at radius 1 is 1.00 bits per heavy atom. The van der Waals surface area contributed by atoms with E-state index < -0.39 is 23.4 Å². The van der Waals surface area contributed by atoms with Crippen molar-refractivity contribution in [3.8, 4) is 0 Å². The number of rotatable bonds is 3. The molecular weight excluding hydrogens is 316 g/mol. The molecule has 1 saturated heterocycles. The second-order valence-electron chi connectivity index (χ2n) is 5.50. The summed E-state index contributed by atoms with van der Waals surface area (Å²) in [5, 5.41) is 4.59. The second kappa shape index (κ2) is 7.20. The van der Waals surface area contributed by atoms with Crippen LogP contribution in [0.1, 0.15) is 19.3 Å². The highest BCUT2D eigenvalue weighted by Crippen LogP contribution is 2.19. The predicted molar refractivity (Wildman–Crippen MR) is 87.1 cm³/mol. The Morgan fingerprint density at radius 3 is 2.25 bits per heavy atom. The summed E-state index contributed by atoms with van der Waals surface area (Å²) < 4.78 is 27.0. The molecule has 0 atom stereocenters. The van der Waals surface area contributed by atoms with Crippen LogP contribution < -0.4 is 15.5 Å². The largest absolute Gasteiger partial charge is 0.341 e. The molecule has 6 nitrogen and oxygen atoms in total. The van der Waals surface area contributed by atoms with Crippen LogP contribution in [0.15, 0.2) is 30.6 Å². The molecule has 0 saturated carbocycles. The van der Waals surface area contributed by atoms with E-state index in [2.05, 4.69) is 25.5 Å². The zero-order valence-electron chi connectivity index (χ0n) is 12.9. The molecule has 126 valence electrons. The molecule has 0 bridgehead atoms. The van der Waals surface area contributed by atoms with E-state index >= 15 is 0 Å². The lowest BCUT2D eigenvalue weighted by Gasteiger charge is -2.26. The highest BCUT2D eigenvalue weighted by molar-refractivity contribution is 5.99. The van der Waals surface area contributed by atoms with E-state index in [9.17, 15) is 13.6 Å². The van der Waals surface area contributed by atoms with E-state index in [-0.39, 0.29) is 0 Å². The van der Waals surface area contributed by atoms with Gasteiger partial charge >= 0.3 is 6.03 Å². The van der Waals surface area contributed by atoms with Crippen LogP contribution in [0.2, 0.25) is 0 Å². The summed E-state index contributed by atoms with van der Waals surface area (Å²) >= 11 is 0. The Morgan fingerprint density at radius 2 is 1.62 bits per heavy atom. The molecule has 0 radical (unpaired) electrons. The van der Waals surface area contributed by atoms with Crippen LogP contribution >= 0.6 is 0 Å². The van der Waals surface area contributed by atoms with Crippen molar-refractivity contribution in [1.29, 1.82) is 0 Å². The molecule has 2 heterocycles. The lowest BCUT2D eigenvalue weighted by molar-refractivity contribution is 0.262. The van der Waals surface area contributed by atoms with Crippen molar-refractivity contribution in [3.63, 3.8) is 0 Å². The molecule has 2 amide bonds. The number of nitrogens with one attached hydrogen (secondary N) is 2. The molecule has 2 aromatic rings. The molecule has 1 aliphatic rings. The second-order valence-corrected chi connectivity index (χ2v) is 5.50. The third-order valence-corrected chi connectivity index (χ3v) is 3.74. The van der Waals surface area contributed by atoms with Gasteiger partial charge in [-0.15, -0.1) is 0 Å². The SMILES string of the molecule is O=C(Nc1cnc(N2CCCCC2)nc1)Nc1c(F)cccc1F. The summed E-state index contributed by atoms with van der Waals surface area (Å²) in [7, 11) is 0. The van der Waals surface area contributed by atoms with Crippen molar-refractivity contribution in [1.82, 2.24) is 9.97 Å². The van der Waals surface area contributed by atoms with E-state index in [1.165, 1.54) is 24.9 Å².